The molecule has 0 aliphatic carbocycles. The summed E-state index contributed by atoms with van der Waals surface area (Å²) in [6, 6.07) is 7.74. The Kier molecular flexibility index (Phi) is 6.36. The Bertz CT molecular complexity index is 434. The minimum absolute atomic E-state index is 0.0342. The third kappa shape index (κ3) is 4.51. The number of carbonyl (C=O) groups excluding carboxylic acids is 1. The van der Waals surface area contributed by atoms with Crippen LogP contribution in [0.25, 0.3) is 0 Å². The molecular formula is C15H23N2O2S+. The van der Waals surface area contributed by atoms with E-state index in [1.54, 1.807) is 16.7 Å². The SMILES string of the molecule is CSc1ccccc1C(=O)NCCC[NH+]1CCOCC1. The van der Waals surface area contributed by atoms with Gasteiger partial charge in [0.2, 0.25) is 0 Å². The summed E-state index contributed by atoms with van der Waals surface area (Å²) in [5.41, 5.74) is 0.777. The second kappa shape index (κ2) is 8.29. The van der Waals surface area contributed by atoms with Gasteiger partial charge in [0.1, 0.15) is 13.1 Å². The lowest BCUT2D eigenvalue weighted by molar-refractivity contribution is -0.908. The van der Waals surface area contributed by atoms with Gasteiger partial charge in [0, 0.05) is 17.9 Å². The first-order chi connectivity index (χ1) is 9.81. The third-order valence-corrected chi connectivity index (χ3v) is 4.34. The average molecular weight is 295 g/mol. The molecule has 1 aliphatic heterocycles. The van der Waals surface area contributed by atoms with E-state index in [0.29, 0.717) is 0 Å². The molecule has 20 heavy (non-hydrogen) atoms. The summed E-state index contributed by atoms with van der Waals surface area (Å²) in [5.74, 6) is 0.0342. The molecule has 0 atom stereocenters. The van der Waals surface area contributed by atoms with Crippen molar-refractivity contribution in [2.24, 2.45) is 0 Å². The van der Waals surface area contributed by atoms with E-state index in [2.05, 4.69) is 5.32 Å². The molecular weight excluding hydrogens is 272 g/mol. The third-order valence-electron chi connectivity index (χ3n) is 3.54. The van der Waals surface area contributed by atoms with Crippen LogP contribution in [0, 0.1) is 0 Å². The molecule has 1 saturated heterocycles. The number of nitrogens with one attached hydrogen (secondary N) is 2. The minimum Gasteiger partial charge on any atom is -0.370 e. The van der Waals surface area contributed by atoms with Crippen molar-refractivity contribution < 1.29 is 14.4 Å². The fourth-order valence-electron chi connectivity index (χ4n) is 2.38. The summed E-state index contributed by atoms with van der Waals surface area (Å²) in [6.45, 7) is 5.75. The van der Waals surface area contributed by atoms with Crippen LogP contribution in [0.3, 0.4) is 0 Å². The van der Waals surface area contributed by atoms with Gasteiger partial charge in [-0.25, -0.2) is 0 Å². The van der Waals surface area contributed by atoms with Gasteiger partial charge in [-0.05, 0) is 18.4 Å². The van der Waals surface area contributed by atoms with E-state index in [1.165, 1.54) is 0 Å². The number of benzene rings is 1. The number of hydrogen-bond donors (Lipinski definition) is 2. The van der Waals surface area contributed by atoms with Crippen LogP contribution >= 0.6 is 11.8 Å². The highest BCUT2D eigenvalue weighted by molar-refractivity contribution is 7.98. The topological polar surface area (TPSA) is 42.8 Å². The highest BCUT2D eigenvalue weighted by Crippen LogP contribution is 2.19. The zero-order chi connectivity index (χ0) is 14.2. The number of rotatable bonds is 6. The van der Waals surface area contributed by atoms with Crippen LogP contribution < -0.4 is 10.2 Å². The first-order valence-corrected chi connectivity index (χ1v) is 8.36. The quantitative estimate of drug-likeness (QED) is 0.591. The Morgan fingerprint density at radius 3 is 2.85 bits per heavy atom. The van der Waals surface area contributed by atoms with Crippen molar-refractivity contribution >= 4 is 17.7 Å². The maximum Gasteiger partial charge on any atom is 0.252 e. The van der Waals surface area contributed by atoms with E-state index >= 15 is 0 Å². The molecule has 1 aromatic rings. The highest BCUT2D eigenvalue weighted by atomic mass is 32.2. The maximum absolute atomic E-state index is 12.1. The van der Waals surface area contributed by atoms with Crippen molar-refractivity contribution in [2.45, 2.75) is 11.3 Å². The Balaban J connectivity index is 1.72. The molecule has 1 aromatic carbocycles. The Labute approximate surface area is 124 Å². The second-order valence-electron chi connectivity index (χ2n) is 4.92. The maximum atomic E-state index is 12.1. The molecule has 4 nitrogen and oxygen atoms in total. The van der Waals surface area contributed by atoms with Crippen molar-refractivity contribution in [1.29, 1.82) is 0 Å². The number of thioether (sulfide) groups is 1. The zero-order valence-electron chi connectivity index (χ0n) is 12.0. The molecule has 1 aliphatic rings. The summed E-state index contributed by atoms with van der Waals surface area (Å²) in [4.78, 5) is 14.7. The minimum atomic E-state index is 0.0342. The van der Waals surface area contributed by atoms with Crippen LogP contribution in [0.1, 0.15) is 16.8 Å². The van der Waals surface area contributed by atoms with E-state index < -0.39 is 0 Å². The summed E-state index contributed by atoms with van der Waals surface area (Å²) >= 11 is 1.61. The predicted octanol–water partition coefficient (Wildman–Crippen LogP) is 0.444. The van der Waals surface area contributed by atoms with Crippen molar-refractivity contribution in [3.05, 3.63) is 29.8 Å². The van der Waals surface area contributed by atoms with Gasteiger partial charge >= 0.3 is 0 Å². The van der Waals surface area contributed by atoms with E-state index in [0.717, 1.165) is 56.3 Å². The molecule has 2 N–H and O–H groups in total. The molecule has 5 heteroatoms. The van der Waals surface area contributed by atoms with Gasteiger partial charge in [-0.3, -0.25) is 4.79 Å². The lowest BCUT2D eigenvalue weighted by Gasteiger charge is -2.23. The first-order valence-electron chi connectivity index (χ1n) is 7.14. The summed E-state index contributed by atoms with van der Waals surface area (Å²) in [6.07, 6.45) is 3.01. The number of hydrogen-bond acceptors (Lipinski definition) is 3. The summed E-state index contributed by atoms with van der Waals surface area (Å²) in [5, 5.41) is 3.02. The fourth-order valence-corrected chi connectivity index (χ4v) is 2.97. The normalized spacial score (nSPS) is 16.1. The molecule has 110 valence electrons. The number of morpholine rings is 1. The lowest BCUT2D eigenvalue weighted by Crippen LogP contribution is -3.14. The summed E-state index contributed by atoms with van der Waals surface area (Å²) in [7, 11) is 0. The van der Waals surface area contributed by atoms with Gasteiger partial charge in [-0.2, -0.15) is 0 Å². The van der Waals surface area contributed by atoms with Crippen LogP contribution in [0.5, 0.6) is 0 Å². The van der Waals surface area contributed by atoms with Gasteiger partial charge in [-0.15, -0.1) is 11.8 Å². The van der Waals surface area contributed by atoms with Crippen molar-refractivity contribution in [2.75, 3.05) is 45.6 Å². The molecule has 0 bridgehead atoms. The Hall–Kier alpha value is -1.04. The van der Waals surface area contributed by atoms with Gasteiger partial charge in [0.05, 0.1) is 25.3 Å². The van der Waals surface area contributed by atoms with Crippen LogP contribution in [-0.2, 0) is 4.74 Å². The van der Waals surface area contributed by atoms with E-state index in [9.17, 15) is 4.79 Å². The monoisotopic (exact) mass is 295 g/mol. The molecule has 0 aromatic heterocycles. The predicted molar refractivity (Wildman–Crippen MR) is 81.6 cm³/mol. The van der Waals surface area contributed by atoms with Gasteiger partial charge in [0.15, 0.2) is 0 Å². The van der Waals surface area contributed by atoms with Gasteiger partial charge < -0.3 is 15.0 Å². The molecule has 0 unspecified atom stereocenters. The number of quaternary nitrogens is 1. The average Bonchev–Trinajstić information content (AvgIpc) is 2.52. The molecule has 1 amide bonds. The van der Waals surface area contributed by atoms with Crippen molar-refractivity contribution in [3.8, 4) is 0 Å². The van der Waals surface area contributed by atoms with E-state index in [4.69, 9.17) is 4.74 Å². The smallest absolute Gasteiger partial charge is 0.252 e. The van der Waals surface area contributed by atoms with Crippen LogP contribution in [-0.4, -0.2) is 51.6 Å². The Morgan fingerprint density at radius 2 is 2.10 bits per heavy atom. The number of ether oxygens (including phenoxy) is 1. The largest absolute Gasteiger partial charge is 0.370 e. The first kappa shape index (κ1) is 15.4. The fraction of sp³-hybridized carbons (Fsp3) is 0.533. The van der Waals surface area contributed by atoms with Crippen molar-refractivity contribution in [3.63, 3.8) is 0 Å². The molecule has 0 saturated carbocycles. The molecule has 0 spiro atoms. The number of amides is 1. The molecule has 2 rings (SSSR count). The van der Waals surface area contributed by atoms with Crippen LogP contribution in [0.15, 0.2) is 29.2 Å². The van der Waals surface area contributed by atoms with Gasteiger partial charge in [-0.1, -0.05) is 12.1 Å². The lowest BCUT2D eigenvalue weighted by atomic mass is 10.2. The van der Waals surface area contributed by atoms with Crippen molar-refractivity contribution in [1.82, 2.24) is 5.32 Å². The standard InChI is InChI=1S/C15H22N2O2S/c1-20-14-6-3-2-5-13(14)15(18)16-7-4-8-17-9-11-19-12-10-17/h2-3,5-6H,4,7-12H2,1H3,(H,16,18)/p+1. The molecule has 0 radical (unpaired) electrons. The highest BCUT2D eigenvalue weighted by Gasteiger charge is 2.13. The Morgan fingerprint density at radius 1 is 1.35 bits per heavy atom. The second-order valence-corrected chi connectivity index (χ2v) is 5.77. The van der Waals surface area contributed by atoms with Crippen LogP contribution in [0.4, 0.5) is 0 Å². The van der Waals surface area contributed by atoms with Crippen LogP contribution in [0.2, 0.25) is 0 Å². The van der Waals surface area contributed by atoms with E-state index in [-0.39, 0.29) is 5.91 Å². The zero-order valence-corrected chi connectivity index (χ0v) is 12.8. The molecule has 1 heterocycles. The van der Waals surface area contributed by atoms with Gasteiger partial charge in [0.25, 0.3) is 5.91 Å². The molecule has 1 fully saturated rings. The number of carbonyl (C=O) groups is 1. The summed E-state index contributed by atoms with van der Waals surface area (Å²) < 4.78 is 5.33. The van der Waals surface area contributed by atoms with E-state index in [1.807, 2.05) is 30.5 Å².